The van der Waals surface area contributed by atoms with Crippen LogP contribution in [0.1, 0.15) is 23.7 Å². The average Bonchev–Trinajstić information content (AvgIpc) is 2.48. The summed E-state index contributed by atoms with van der Waals surface area (Å²) in [5.74, 6) is -0.150. The molecule has 0 bridgehead atoms. The average molecular weight is 274 g/mol. The molecule has 0 fully saturated rings. The van der Waals surface area contributed by atoms with Gasteiger partial charge in [0.15, 0.2) is 0 Å². The lowest BCUT2D eigenvalue weighted by Crippen LogP contribution is -2.24. The van der Waals surface area contributed by atoms with E-state index in [0.717, 1.165) is 6.42 Å². The number of carbonyl (C=O) groups is 1. The molecule has 2 N–H and O–H groups in total. The topological polar surface area (TPSA) is 66.9 Å². The predicted octanol–water partition coefficient (Wildman–Crippen LogP) is 2.50. The highest BCUT2D eigenvalue weighted by atomic mass is 19.1. The number of benzene rings is 1. The maximum absolute atomic E-state index is 12.8. The molecule has 1 heterocycles. The predicted molar refractivity (Wildman–Crippen MR) is 74.3 cm³/mol. The van der Waals surface area contributed by atoms with Crippen molar-refractivity contribution in [1.82, 2.24) is 15.3 Å². The fourth-order valence-corrected chi connectivity index (χ4v) is 1.51. The van der Waals surface area contributed by atoms with E-state index in [-0.39, 0.29) is 11.7 Å². The Hall–Kier alpha value is -2.50. The molecule has 104 valence electrons. The number of halogens is 1. The maximum atomic E-state index is 12.8. The van der Waals surface area contributed by atoms with Gasteiger partial charge in [-0.05, 0) is 30.7 Å². The minimum atomic E-state index is -0.306. The van der Waals surface area contributed by atoms with Crippen molar-refractivity contribution in [2.75, 3.05) is 11.9 Å². The minimum Gasteiger partial charge on any atom is -0.352 e. The number of hydrogen-bond acceptors (Lipinski definition) is 4. The van der Waals surface area contributed by atoms with Crippen LogP contribution in [0.25, 0.3) is 0 Å². The van der Waals surface area contributed by atoms with Crippen molar-refractivity contribution in [3.8, 4) is 0 Å². The van der Waals surface area contributed by atoms with Crippen molar-refractivity contribution < 1.29 is 9.18 Å². The smallest absolute Gasteiger partial charge is 0.254 e. The fourth-order valence-electron chi connectivity index (χ4n) is 1.51. The zero-order valence-corrected chi connectivity index (χ0v) is 11.1. The molecule has 0 saturated heterocycles. The van der Waals surface area contributed by atoms with Gasteiger partial charge in [0, 0.05) is 24.6 Å². The second-order valence-electron chi connectivity index (χ2n) is 4.18. The number of anilines is 2. The second-order valence-corrected chi connectivity index (χ2v) is 4.18. The molecule has 5 nitrogen and oxygen atoms in total. The molecule has 1 amide bonds. The molecule has 1 aromatic carbocycles. The standard InChI is InChI=1S/C14H15FN4O/c1-2-7-16-13(20)10-8-17-14(18-9-10)19-12-5-3-11(15)4-6-12/h3-6,8-9H,2,7H2,1H3,(H,16,20)(H,17,18,19). The summed E-state index contributed by atoms with van der Waals surface area (Å²) in [6.45, 7) is 2.60. The van der Waals surface area contributed by atoms with Gasteiger partial charge < -0.3 is 10.6 Å². The van der Waals surface area contributed by atoms with Gasteiger partial charge in [0.1, 0.15) is 5.82 Å². The molecule has 20 heavy (non-hydrogen) atoms. The van der Waals surface area contributed by atoms with Gasteiger partial charge in [0.2, 0.25) is 5.95 Å². The number of aromatic nitrogens is 2. The Morgan fingerprint density at radius 3 is 2.45 bits per heavy atom. The van der Waals surface area contributed by atoms with Crippen LogP contribution in [0.2, 0.25) is 0 Å². The van der Waals surface area contributed by atoms with E-state index in [4.69, 9.17) is 0 Å². The molecule has 0 saturated carbocycles. The lowest BCUT2D eigenvalue weighted by molar-refractivity contribution is 0.0953. The van der Waals surface area contributed by atoms with Crippen LogP contribution in [0.3, 0.4) is 0 Å². The molecule has 6 heteroatoms. The Balaban J connectivity index is 2.01. The summed E-state index contributed by atoms with van der Waals surface area (Å²) in [5, 5.41) is 5.66. The monoisotopic (exact) mass is 274 g/mol. The molecular weight excluding hydrogens is 259 g/mol. The zero-order valence-electron chi connectivity index (χ0n) is 11.1. The Labute approximate surface area is 116 Å². The van der Waals surface area contributed by atoms with Gasteiger partial charge >= 0.3 is 0 Å². The van der Waals surface area contributed by atoms with Crippen molar-refractivity contribution in [2.24, 2.45) is 0 Å². The first kappa shape index (κ1) is 13.9. The minimum absolute atomic E-state index is 0.194. The third kappa shape index (κ3) is 3.74. The summed E-state index contributed by atoms with van der Waals surface area (Å²) in [6.07, 6.45) is 3.77. The molecule has 2 rings (SSSR count). The highest BCUT2D eigenvalue weighted by molar-refractivity contribution is 5.93. The van der Waals surface area contributed by atoms with Gasteiger partial charge in [-0.15, -0.1) is 0 Å². The first-order valence-corrected chi connectivity index (χ1v) is 6.32. The van der Waals surface area contributed by atoms with Crippen LogP contribution in [0.5, 0.6) is 0 Å². The van der Waals surface area contributed by atoms with Crippen molar-refractivity contribution in [3.05, 3.63) is 48.0 Å². The van der Waals surface area contributed by atoms with Gasteiger partial charge in [0.25, 0.3) is 5.91 Å². The molecule has 0 spiro atoms. The van der Waals surface area contributed by atoms with Crippen LogP contribution in [0.15, 0.2) is 36.7 Å². The van der Waals surface area contributed by atoms with Crippen molar-refractivity contribution in [2.45, 2.75) is 13.3 Å². The van der Waals surface area contributed by atoms with Gasteiger partial charge in [-0.25, -0.2) is 14.4 Å². The summed E-state index contributed by atoms with van der Waals surface area (Å²) in [6, 6.07) is 5.85. The van der Waals surface area contributed by atoms with Crippen LogP contribution >= 0.6 is 0 Å². The van der Waals surface area contributed by atoms with Crippen LogP contribution in [0, 0.1) is 5.82 Å². The zero-order chi connectivity index (χ0) is 14.4. The summed E-state index contributed by atoms with van der Waals surface area (Å²) >= 11 is 0. The normalized spacial score (nSPS) is 10.1. The van der Waals surface area contributed by atoms with Gasteiger partial charge in [-0.1, -0.05) is 6.92 Å². The van der Waals surface area contributed by atoms with E-state index >= 15 is 0 Å². The van der Waals surface area contributed by atoms with Gasteiger partial charge in [-0.2, -0.15) is 0 Å². The molecule has 0 aliphatic heterocycles. The number of nitrogens with one attached hydrogen (secondary N) is 2. The largest absolute Gasteiger partial charge is 0.352 e. The molecule has 0 aliphatic rings. The van der Waals surface area contributed by atoms with Gasteiger partial charge in [0.05, 0.1) is 5.56 Å². The Bertz CT molecular complexity index is 569. The molecular formula is C14H15FN4O. The van der Waals surface area contributed by atoms with Crippen LogP contribution in [-0.2, 0) is 0 Å². The van der Waals surface area contributed by atoms with E-state index in [2.05, 4.69) is 20.6 Å². The first-order chi connectivity index (χ1) is 9.69. The van der Waals surface area contributed by atoms with Gasteiger partial charge in [-0.3, -0.25) is 4.79 Å². The van der Waals surface area contributed by atoms with Crippen LogP contribution in [-0.4, -0.2) is 22.4 Å². The number of amides is 1. The maximum Gasteiger partial charge on any atom is 0.254 e. The summed E-state index contributed by atoms with van der Waals surface area (Å²) < 4.78 is 12.8. The van der Waals surface area contributed by atoms with E-state index in [0.29, 0.717) is 23.7 Å². The third-order valence-electron chi connectivity index (χ3n) is 2.55. The van der Waals surface area contributed by atoms with Crippen molar-refractivity contribution >= 4 is 17.5 Å². The molecule has 0 atom stereocenters. The summed E-state index contributed by atoms with van der Waals surface area (Å²) in [5.41, 5.74) is 1.08. The van der Waals surface area contributed by atoms with E-state index in [1.165, 1.54) is 24.5 Å². The first-order valence-electron chi connectivity index (χ1n) is 6.32. The number of rotatable bonds is 5. The number of carbonyl (C=O) groups excluding carboxylic acids is 1. The molecule has 1 aromatic heterocycles. The lowest BCUT2D eigenvalue weighted by atomic mass is 10.3. The van der Waals surface area contributed by atoms with E-state index in [1.807, 2.05) is 6.92 Å². The Kier molecular flexibility index (Phi) is 4.60. The fraction of sp³-hybridized carbons (Fsp3) is 0.214. The summed E-state index contributed by atoms with van der Waals surface area (Å²) in [7, 11) is 0. The second kappa shape index (κ2) is 6.60. The van der Waals surface area contributed by atoms with Crippen molar-refractivity contribution in [3.63, 3.8) is 0 Å². The number of hydrogen-bond donors (Lipinski definition) is 2. The molecule has 0 radical (unpaired) electrons. The highest BCUT2D eigenvalue weighted by Crippen LogP contribution is 2.12. The van der Waals surface area contributed by atoms with E-state index < -0.39 is 0 Å². The van der Waals surface area contributed by atoms with Crippen LogP contribution < -0.4 is 10.6 Å². The molecule has 0 aliphatic carbocycles. The molecule has 0 unspecified atom stereocenters. The van der Waals surface area contributed by atoms with Crippen LogP contribution in [0.4, 0.5) is 16.0 Å². The van der Waals surface area contributed by atoms with E-state index in [1.54, 1.807) is 12.1 Å². The number of nitrogens with zero attached hydrogens (tertiary/aromatic N) is 2. The highest BCUT2D eigenvalue weighted by Gasteiger charge is 2.06. The summed E-state index contributed by atoms with van der Waals surface area (Å²) in [4.78, 5) is 19.8. The lowest BCUT2D eigenvalue weighted by Gasteiger charge is -2.06. The SMILES string of the molecule is CCCNC(=O)c1cnc(Nc2ccc(F)cc2)nc1. The third-order valence-corrected chi connectivity index (χ3v) is 2.55. The Morgan fingerprint density at radius 1 is 1.20 bits per heavy atom. The van der Waals surface area contributed by atoms with E-state index in [9.17, 15) is 9.18 Å². The Morgan fingerprint density at radius 2 is 1.85 bits per heavy atom. The molecule has 2 aromatic rings. The van der Waals surface area contributed by atoms with Crippen molar-refractivity contribution in [1.29, 1.82) is 0 Å². The quantitative estimate of drug-likeness (QED) is 0.879.